The summed E-state index contributed by atoms with van der Waals surface area (Å²) in [6, 6.07) is 19.9. The molecule has 31 heavy (non-hydrogen) atoms. The van der Waals surface area contributed by atoms with Crippen LogP contribution in [0.1, 0.15) is 27.4 Å². The summed E-state index contributed by atoms with van der Waals surface area (Å²) in [5.41, 5.74) is 5.38. The highest BCUT2D eigenvalue weighted by Gasteiger charge is 2.18. The quantitative estimate of drug-likeness (QED) is 0.500. The molecule has 0 fully saturated rings. The van der Waals surface area contributed by atoms with Crippen LogP contribution in [-0.4, -0.2) is 39.1 Å². The van der Waals surface area contributed by atoms with Gasteiger partial charge in [0.25, 0.3) is 5.91 Å². The summed E-state index contributed by atoms with van der Waals surface area (Å²) in [5.74, 6) is 0.182. The molecule has 2 aromatic heterocycles. The number of aryl methyl sites for hydroxylation is 2. The third-order valence-electron chi connectivity index (χ3n) is 5.03. The summed E-state index contributed by atoms with van der Waals surface area (Å²) >= 11 is 0. The second kappa shape index (κ2) is 8.87. The van der Waals surface area contributed by atoms with Crippen LogP contribution in [0.15, 0.2) is 66.9 Å². The largest absolute Gasteiger partial charge is 0.493 e. The third kappa shape index (κ3) is 4.50. The van der Waals surface area contributed by atoms with Crippen molar-refractivity contribution < 1.29 is 9.53 Å². The number of rotatable bonds is 7. The Labute approximate surface area is 181 Å². The van der Waals surface area contributed by atoms with Crippen molar-refractivity contribution in [3.8, 4) is 17.1 Å². The first-order valence-corrected chi connectivity index (χ1v) is 10.1. The van der Waals surface area contributed by atoms with E-state index in [1.165, 1.54) is 7.11 Å². The zero-order chi connectivity index (χ0) is 21.8. The summed E-state index contributed by atoms with van der Waals surface area (Å²) in [6.45, 7) is 4.52. The smallest absolute Gasteiger partial charge is 0.275 e. The number of carbonyl (C=O) groups is 1. The molecule has 7 nitrogen and oxygen atoms in total. The van der Waals surface area contributed by atoms with E-state index in [9.17, 15) is 4.79 Å². The van der Waals surface area contributed by atoms with Gasteiger partial charge in [-0.15, -0.1) is 0 Å². The number of hydrogen-bond donors (Lipinski definition) is 1. The fourth-order valence-electron chi connectivity index (χ4n) is 3.48. The topological polar surface area (TPSA) is 74.0 Å². The highest BCUT2D eigenvalue weighted by atomic mass is 16.5. The molecule has 0 aliphatic heterocycles. The first kappa shape index (κ1) is 20.4. The Hall–Kier alpha value is -3.87. The molecule has 0 atom stereocenters. The number of nitrogens with zero attached hydrogens (tertiary/aromatic N) is 4. The van der Waals surface area contributed by atoms with Crippen molar-refractivity contribution in [2.75, 3.05) is 13.7 Å². The molecular formula is C24H25N5O2. The predicted molar refractivity (Wildman–Crippen MR) is 119 cm³/mol. The van der Waals surface area contributed by atoms with Gasteiger partial charge in [-0.2, -0.15) is 10.2 Å². The van der Waals surface area contributed by atoms with Crippen LogP contribution >= 0.6 is 0 Å². The van der Waals surface area contributed by atoms with Crippen LogP contribution in [0.5, 0.6) is 5.75 Å². The molecule has 0 aliphatic carbocycles. The van der Waals surface area contributed by atoms with Crippen molar-refractivity contribution >= 4 is 5.91 Å². The standard InChI is InChI=1S/C24H25N5O2/c1-17-15-18(2)29(26-17)21-11-9-19(10-12-21)13-14-25-24(30)23-22(31-3)16-28(27-23)20-7-5-4-6-8-20/h4-12,15-16H,13-14H2,1-3H3,(H,25,30). The van der Waals surface area contributed by atoms with Gasteiger partial charge in [-0.05, 0) is 56.2 Å². The average Bonchev–Trinajstić information content (AvgIpc) is 3.37. The van der Waals surface area contributed by atoms with Gasteiger partial charge in [0.1, 0.15) is 0 Å². The van der Waals surface area contributed by atoms with Crippen molar-refractivity contribution in [3.63, 3.8) is 0 Å². The summed E-state index contributed by atoms with van der Waals surface area (Å²) in [7, 11) is 1.54. The summed E-state index contributed by atoms with van der Waals surface area (Å²) in [5, 5.41) is 11.8. The highest BCUT2D eigenvalue weighted by molar-refractivity contribution is 5.94. The predicted octanol–water partition coefficient (Wildman–Crippen LogP) is 3.66. The summed E-state index contributed by atoms with van der Waals surface area (Å²) < 4.78 is 8.92. The number of ether oxygens (including phenoxy) is 1. The number of methoxy groups -OCH3 is 1. The Morgan fingerprint density at radius 3 is 2.39 bits per heavy atom. The van der Waals surface area contributed by atoms with Crippen molar-refractivity contribution in [1.29, 1.82) is 0 Å². The van der Waals surface area contributed by atoms with E-state index >= 15 is 0 Å². The van der Waals surface area contributed by atoms with Crippen LogP contribution < -0.4 is 10.1 Å². The fraction of sp³-hybridized carbons (Fsp3) is 0.208. The van der Waals surface area contributed by atoms with Crippen LogP contribution in [0, 0.1) is 13.8 Å². The Kier molecular flexibility index (Phi) is 5.84. The van der Waals surface area contributed by atoms with Crippen LogP contribution in [0.4, 0.5) is 0 Å². The minimum atomic E-state index is -0.259. The molecule has 2 heterocycles. The number of nitrogens with one attached hydrogen (secondary N) is 1. The Morgan fingerprint density at radius 2 is 1.74 bits per heavy atom. The molecule has 0 bridgehead atoms. The lowest BCUT2D eigenvalue weighted by molar-refractivity contribution is 0.0946. The second-order valence-corrected chi connectivity index (χ2v) is 7.34. The van der Waals surface area contributed by atoms with Gasteiger partial charge >= 0.3 is 0 Å². The molecule has 0 unspecified atom stereocenters. The molecule has 2 aromatic carbocycles. The lowest BCUT2D eigenvalue weighted by Crippen LogP contribution is -2.26. The molecule has 0 spiro atoms. The molecule has 0 aliphatic rings. The van der Waals surface area contributed by atoms with Crippen LogP contribution in [0.3, 0.4) is 0 Å². The van der Waals surface area contributed by atoms with Gasteiger partial charge in [-0.3, -0.25) is 4.79 Å². The van der Waals surface area contributed by atoms with Gasteiger partial charge in [0, 0.05) is 12.2 Å². The van der Waals surface area contributed by atoms with Gasteiger partial charge in [0.05, 0.1) is 30.4 Å². The van der Waals surface area contributed by atoms with E-state index < -0.39 is 0 Å². The van der Waals surface area contributed by atoms with Crippen molar-refractivity contribution in [1.82, 2.24) is 24.9 Å². The molecule has 0 radical (unpaired) electrons. The second-order valence-electron chi connectivity index (χ2n) is 7.34. The molecule has 4 aromatic rings. The first-order valence-electron chi connectivity index (χ1n) is 10.1. The van der Waals surface area contributed by atoms with E-state index in [4.69, 9.17) is 4.74 Å². The van der Waals surface area contributed by atoms with Crippen molar-refractivity contribution in [2.24, 2.45) is 0 Å². The lowest BCUT2D eigenvalue weighted by atomic mass is 10.1. The maximum Gasteiger partial charge on any atom is 0.275 e. The normalized spacial score (nSPS) is 10.8. The zero-order valence-corrected chi connectivity index (χ0v) is 17.9. The minimum absolute atomic E-state index is 0.259. The van der Waals surface area contributed by atoms with E-state index in [1.807, 2.05) is 61.0 Å². The zero-order valence-electron chi connectivity index (χ0n) is 17.9. The molecule has 1 N–H and O–H groups in total. The first-order chi connectivity index (χ1) is 15.0. The van der Waals surface area contributed by atoms with Crippen molar-refractivity contribution in [2.45, 2.75) is 20.3 Å². The van der Waals surface area contributed by atoms with E-state index in [-0.39, 0.29) is 11.6 Å². The number of aromatic nitrogens is 4. The maximum absolute atomic E-state index is 12.7. The summed E-state index contributed by atoms with van der Waals surface area (Å²) in [6.07, 6.45) is 2.42. The molecule has 0 saturated carbocycles. The van der Waals surface area contributed by atoms with Gasteiger partial charge in [0.2, 0.25) is 0 Å². The SMILES string of the molecule is COc1cn(-c2ccccc2)nc1C(=O)NCCc1ccc(-n2nc(C)cc2C)cc1. The molecule has 4 rings (SSSR count). The lowest BCUT2D eigenvalue weighted by Gasteiger charge is -2.07. The van der Waals surface area contributed by atoms with Crippen LogP contribution in [-0.2, 0) is 6.42 Å². The summed E-state index contributed by atoms with van der Waals surface area (Å²) in [4.78, 5) is 12.7. The number of hydrogen-bond acceptors (Lipinski definition) is 4. The van der Waals surface area contributed by atoms with E-state index in [0.717, 1.165) is 28.3 Å². The third-order valence-corrected chi connectivity index (χ3v) is 5.03. The molecule has 1 amide bonds. The van der Waals surface area contributed by atoms with E-state index in [2.05, 4.69) is 33.7 Å². The van der Waals surface area contributed by atoms with E-state index in [1.54, 1.807) is 10.9 Å². The number of amides is 1. The van der Waals surface area contributed by atoms with E-state index in [0.29, 0.717) is 18.7 Å². The van der Waals surface area contributed by atoms with Gasteiger partial charge in [-0.1, -0.05) is 30.3 Å². The molecule has 7 heteroatoms. The Bertz CT molecular complexity index is 1180. The Balaban J connectivity index is 1.38. The monoisotopic (exact) mass is 415 g/mol. The number of benzene rings is 2. The number of carbonyl (C=O) groups excluding carboxylic acids is 1. The van der Waals surface area contributed by atoms with Gasteiger partial charge in [0.15, 0.2) is 11.4 Å². The van der Waals surface area contributed by atoms with Gasteiger partial charge in [-0.25, -0.2) is 9.36 Å². The van der Waals surface area contributed by atoms with Crippen LogP contribution in [0.2, 0.25) is 0 Å². The van der Waals surface area contributed by atoms with Crippen LogP contribution in [0.25, 0.3) is 11.4 Å². The molecular weight excluding hydrogens is 390 g/mol. The molecule has 0 saturated heterocycles. The maximum atomic E-state index is 12.7. The Morgan fingerprint density at radius 1 is 1.00 bits per heavy atom. The number of para-hydroxylation sites is 1. The fourth-order valence-corrected chi connectivity index (χ4v) is 3.48. The highest BCUT2D eigenvalue weighted by Crippen LogP contribution is 2.19. The minimum Gasteiger partial charge on any atom is -0.493 e. The molecule has 158 valence electrons. The van der Waals surface area contributed by atoms with Crippen molar-refractivity contribution in [3.05, 3.63) is 89.5 Å². The van der Waals surface area contributed by atoms with Gasteiger partial charge < -0.3 is 10.1 Å². The average molecular weight is 415 g/mol.